The van der Waals surface area contributed by atoms with Crippen LogP contribution in [0.4, 0.5) is 16.2 Å². The van der Waals surface area contributed by atoms with Crippen LogP contribution in [0.25, 0.3) is 0 Å². The summed E-state index contributed by atoms with van der Waals surface area (Å²) in [5.74, 6) is 0. The number of benzene rings is 1. The molecule has 3 rings (SSSR count). The van der Waals surface area contributed by atoms with Crippen LogP contribution in [0.1, 0.15) is 25.8 Å². The Hall–Kier alpha value is -1.19. The van der Waals surface area contributed by atoms with Gasteiger partial charge in [0.15, 0.2) is 0 Å². The fraction of sp³-hybridized carbons (Fsp3) is 0.529. The Morgan fingerprint density at radius 3 is 3.00 bits per heavy atom. The Balaban J connectivity index is 1.75. The molecule has 1 amide bonds. The molecule has 0 bridgehead atoms. The van der Waals surface area contributed by atoms with E-state index in [1.165, 1.54) is 34.6 Å². The summed E-state index contributed by atoms with van der Waals surface area (Å²) >= 11 is 1.41. The molecule has 0 spiro atoms. The molecule has 2 aliphatic rings. The molecule has 1 saturated heterocycles. The van der Waals surface area contributed by atoms with E-state index in [9.17, 15) is 4.79 Å². The van der Waals surface area contributed by atoms with Crippen molar-refractivity contribution in [3.63, 3.8) is 0 Å². The average Bonchev–Trinajstić information content (AvgIpc) is 2.90. The van der Waals surface area contributed by atoms with Gasteiger partial charge >= 0.3 is 141 Å². The van der Waals surface area contributed by atoms with E-state index < -0.39 is 0 Å². The second kappa shape index (κ2) is 6.74. The van der Waals surface area contributed by atoms with E-state index in [-0.39, 0.29) is 12.2 Å². The standard InChI is InChI=1S/C17H23N3O2.W/c1-4-18-10-15-11-20(17(21)22-15)14-7-8-16-13(9-14)6-5-12(2)19(16)3;/h7-9,12,15,18H,5-6,10-11H2,1-3H3;. The summed E-state index contributed by atoms with van der Waals surface area (Å²) in [6.07, 6.45) is 1.89. The van der Waals surface area contributed by atoms with E-state index in [4.69, 9.17) is 4.74 Å². The van der Waals surface area contributed by atoms with Gasteiger partial charge in [0.25, 0.3) is 0 Å². The van der Waals surface area contributed by atoms with Crippen molar-refractivity contribution in [1.82, 2.24) is 5.32 Å². The third-order valence-corrected chi connectivity index (χ3v) is 5.22. The number of nitrogens with zero attached hydrogens (tertiary/aromatic N) is 2. The third-order valence-electron chi connectivity index (χ3n) is 4.70. The molecule has 1 aromatic rings. The predicted molar refractivity (Wildman–Crippen MR) is 88.9 cm³/mol. The molecular formula is C17H23N3O2W. The van der Waals surface area contributed by atoms with Gasteiger partial charge in [-0.2, -0.15) is 0 Å². The van der Waals surface area contributed by atoms with Crippen LogP contribution in [-0.2, 0) is 30.5 Å². The molecule has 2 aliphatic heterocycles. The predicted octanol–water partition coefficient (Wildman–Crippen LogP) is 2.07. The number of aryl methyl sites for hydroxylation is 1. The maximum atomic E-state index is 12.2. The van der Waals surface area contributed by atoms with Crippen molar-refractivity contribution in [3.05, 3.63) is 23.8 Å². The Morgan fingerprint density at radius 2 is 2.26 bits per heavy atom. The Bertz CT molecular complexity index is 634. The number of rotatable bonds is 4. The van der Waals surface area contributed by atoms with Crippen LogP contribution in [0, 0.1) is 0 Å². The molecule has 2 atom stereocenters. The Morgan fingerprint density at radius 1 is 1.48 bits per heavy atom. The molecule has 6 heteroatoms. The molecule has 2 unspecified atom stereocenters. The van der Waals surface area contributed by atoms with Crippen LogP contribution in [0.15, 0.2) is 18.2 Å². The van der Waals surface area contributed by atoms with Crippen LogP contribution in [-0.4, -0.2) is 42.4 Å². The minimum atomic E-state index is -0.240. The van der Waals surface area contributed by atoms with Crippen molar-refractivity contribution in [2.24, 2.45) is 0 Å². The van der Waals surface area contributed by atoms with Gasteiger partial charge in [-0.05, 0) is 6.92 Å². The van der Waals surface area contributed by atoms with Crippen LogP contribution < -0.4 is 15.1 Å². The molecule has 1 fully saturated rings. The van der Waals surface area contributed by atoms with Gasteiger partial charge in [0.2, 0.25) is 0 Å². The summed E-state index contributed by atoms with van der Waals surface area (Å²) in [5.41, 5.74) is 3.54. The zero-order valence-electron chi connectivity index (χ0n) is 13.8. The summed E-state index contributed by atoms with van der Waals surface area (Å²) in [4.78, 5) is 16.2. The minimum absolute atomic E-state index is 0.0875. The van der Waals surface area contributed by atoms with E-state index in [0.29, 0.717) is 19.1 Å². The van der Waals surface area contributed by atoms with Crippen molar-refractivity contribution < 1.29 is 28.9 Å². The number of ether oxygens (including phenoxy) is 1. The molecule has 2 heterocycles. The first-order chi connectivity index (χ1) is 11.0. The zero-order chi connectivity index (χ0) is 16.6. The summed E-state index contributed by atoms with van der Waals surface area (Å²) in [6, 6.07) is 6.88. The third kappa shape index (κ3) is 3.51. The van der Waals surface area contributed by atoms with Gasteiger partial charge in [-0.25, -0.2) is 0 Å². The first-order valence-corrected chi connectivity index (χ1v) is 9.50. The van der Waals surface area contributed by atoms with Gasteiger partial charge in [-0.1, -0.05) is 0 Å². The van der Waals surface area contributed by atoms with Gasteiger partial charge in [0, 0.05) is 0 Å². The topological polar surface area (TPSA) is 44.8 Å². The van der Waals surface area contributed by atoms with Crippen LogP contribution in [0.5, 0.6) is 0 Å². The van der Waals surface area contributed by atoms with Crippen molar-refractivity contribution in [3.8, 4) is 0 Å². The number of hydrogen-bond donors (Lipinski definition) is 1. The summed E-state index contributed by atoms with van der Waals surface area (Å²) < 4.78 is 6.68. The fourth-order valence-electron chi connectivity index (χ4n) is 3.18. The number of anilines is 2. The second-order valence-corrected chi connectivity index (χ2v) is 8.57. The number of cyclic esters (lactones) is 1. The van der Waals surface area contributed by atoms with Crippen LogP contribution in [0.2, 0.25) is 0 Å². The zero-order valence-corrected chi connectivity index (χ0v) is 16.8. The number of nitrogens with one attached hydrogen (secondary N) is 1. The van der Waals surface area contributed by atoms with Gasteiger partial charge in [0.1, 0.15) is 0 Å². The monoisotopic (exact) mass is 485 g/mol. The van der Waals surface area contributed by atoms with E-state index in [2.05, 4.69) is 36.3 Å². The van der Waals surface area contributed by atoms with Crippen LogP contribution >= 0.6 is 0 Å². The van der Waals surface area contributed by atoms with Crippen molar-refractivity contribution in [1.29, 1.82) is 0 Å². The molecule has 5 nitrogen and oxygen atoms in total. The number of fused-ring (bicyclic) bond motifs is 1. The van der Waals surface area contributed by atoms with Crippen molar-refractivity contribution in [2.45, 2.75) is 38.8 Å². The van der Waals surface area contributed by atoms with Gasteiger partial charge < -0.3 is 0 Å². The summed E-state index contributed by atoms with van der Waals surface area (Å²) in [5, 5.41) is 3.28. The van der Waals surface area contributed by atoms with Gasteiger partial charge in [-0.3, -0.25) is 0 Å². The number of amides is 1. The fourth-order valence-corrected chi connectivity index (χ4v) is 3.48. The van der Waals surface area contributed by atoms with E-state index in [1.54, 1.807) is 4.90 Å². The molecule has 0 radical (unpaired) electrons. The molecule has 0 saturated carbocycles. The molecular weight excluding hydrogens is 462 g/mol. The van der Waals surface area contributed by atoms with Crippen molar-refractivity contribution in [2.75, 3.05) is 29.9 Å². The molecule has 1 N–H and O–H groups in total. The average molecular weight is 485 g/mol. The molecule has 0 aromatic heterocycles. The van der Waals surface area contributed by atoms with E-state index >= 15 is 0 Å². The SMILES string of the molecule is C[C](=[W])NCC1CN(c2ccc3c(c2)CCC(C)N3C)C(=O)O1. The maximum absolute atomic E-state index is 12.2. The first-order valence-electron chi connectivity index (χ1n) is 8.04. The quantitative estimate of drug-likeness (QED) is 0.710. The molecule has 124 valence electrons. The Kier molecular flexibility index (Phi) is 4.88. The van der Waals surface area contributed by atoms with E-state index in [1.807, 2.05) is 13.0 Å². The van der Waals surface area contributed by atoms with Gasteiger partial charge in [0.05, 0.1) is 0 Å². The van der Waals surface area contributed by atoms with E-state index in [0.717, 1.165) is 18.5 Å². The second-order valence-electron chi connectivity index (χ2n) is 6.37. The number of carbonyl (C=O) groups is 1. The van der Waals surface area contributed by atoms with Gasteiger partial charge in [-0.15, -0.1) is 0 Å². The molecule has 0 aliphatic carbocycles. The first kappa shape index (κ1) is 16.7. The number of carbonyl (C=O) groups excluding carboxylic acids is 1. The normalized spacial score (nSPS) is 23.7. The number of hydrogen-bond acceptors (Lipinski definition) is 4. The summed E-state index contributed by atoms with van der Waals surface area (Å²) in [6.45, 7) is 5.59. The van der Waals surface area contributed by atoms with Crippen molar-refractivity contribution >= 4 is 21.5 Å². The summed E-state index contributed by atoms with van der Waals surface area (Å²) in [7, 11) is 2.14. The molecule has 23 heavy (non-hydrogen) atoms. The van der Waals surface area contributed by atoms with Crippen LogP contribution in [0.3, 0.4) is 0 Å². The Labute approximate surface area is 148 Å². The molecule has 1 aromatic carbocycles.